The van der Waals surface area contributed by atoms with Crippen molar-refractivity contribution in [3.8, 4) is 0 Å². The van der Waals surface area contributed by atoms with Crippen molar-refractivity contribution in [3.05, 3.63) is 70.2 Å². The van der Waals surface area contributed by atoms with Crippen LogP contribution in [-0.2, 0) is 27.4 Å². The monoisotopic (exact) mass is 460 g/mol. The molecule has 0 atom stereocenters. The number of esters is 1. The van der Waals surface area contributed by atoms with Gasteiger partial charge in [0, 0.05) is 22.2 Å². The first kappa shape index (κ1) is 22.3. The summed E-state index contributed by atoms with van der Waals surface area (Å²) in [5.74, 6) is -0.262. The Morgan fingerprint density at radius 3 is 2.47 bits per heavy atom. The van der Waals surface area contributed by atoms with Crippen LogP contribution in [0.3, 0.4) is 0 Å². The van der Waals surface area contributed by atoms with Crippen molar-refractivity contribution in [2.45, 2.75) is 31.8 Å². The number of benzene rings is 2. The first-order chi connectivity index (χ1) is 14.5. The molecule has 156 valence electrons. The normalized spacial score (nSPS) is 10.6. The standard InChI is InChI=1S/C22H21ClN2O3S2/c1-3-16-4-8-19(9-5-16)25(15(2)26)22-24-18(13-30-22)12-28-21(27)14-29-20-10-6-17(23)7-11-20/h4-11,13H,3,12,14H2,1-2H3. The molecule has 30 heavy (non-hydrogen) atoms. The molecule has 0 spiro atoms. The lowest BCUT2D eigenvalue weighted by molar-refractivity contribution is -0.141. The van der Waals surface area contributed by atoms with Crippen LogP contribution in [-0.4, -0.2) is 22.6 Å². The van der Waals surface area contributed by atoms with Crippen LogP contribution in [0.2, 0.25) is 5.02 Å². The first-order valence-corrected chi connectivity index (χ1v) is 11.6. The minimum atomic E-state index is -0.330. The molecule has 0 bridgehead atoms. The predicted molar refractivity (Wildman–Crippen MR) is 123 cm³/mol. The largest absolute Gasteiger partial charge is 0.459 e. The minimum absolute atomic E-state index is 0.0665. The van der Waals surface area contributed by atoms with E-state index in [1.54, 1.807) is 22.4 Å². The zero-order valence-electron chi connectivity index (χ0n) is 16.6. The Bertz CT molecular complexity index is 1000. The zero-order chi connectivity index (χ0) is 21.5. The molecule has 0 saturated heterocycles. The van der Waals surface area contributed by atoms with Gasteiger partial charge in [-0.1, -0.05) is 30.7 Å². The summed E-state index contributed by atoms with van der Waals surface area (Å²) >= 11 is 8.58. The Labute approximate surface area is 189 Å². The third-order valence-corrected chi connectivity index (χ3v) is 6.31. The summed E-state index contributed by atoms with van der Waals surface area (Å²) in [6, 6.07) is 15.1. The van der Waals surface area contributed by atoms with E-state index in [-0.39, 0.29) is 24.2 Å². The van der Waals surface area contributed by atoms with E-state index in [0.717, 1.165) is 17.0 Å². The molecule has 2 aromatic carbocycles. The zero-order valence-corrected chi connectivity index (χ0v) is 19.0. The highest BCUT2D eigenvalue weighted by molar-refractivity contribution is 8.00. The summed E-state index contributed by atoms with van der Waals surface area (Å²) in [7, 11) is 0. The smallest absolute Gasteiger partial charge is 0.316 e. The molecule has 0 unspecified atom stereocenters. The van der Waals surface area contributed by atoms with Crippen LogP contribution in [0.4, 0.5) is 10.8 Å². The minimum Gasteiger partial charge on any atom is -0.459 e. The first-order valence-electron chi connectivity index (χ1n) is 9.34. The van der Waals surface area contributed by atoms with E-state index >= 15 is 0 Å². The topological polar surface area (TPSA) is 59.5 Å². The maximum atomic E-state index is 12.2. The van der Waals surface area contributed by atoms with Crippen LogP contribution in [0.5, 0.6) is 0 Å². The van der Waals surface area contributed by atoms with Crippen LogP contribution >= 0.6 is 34.7 Å². The molecule has 3 aromatic rings. The van der Waals surface area contributed by atoms with Gasteiger partial charge >= 0.3 is 5.97 Å². The van der Waals surface area contributed by atoms with Crippen molar-refractivity contribution in [2.75, 3.05) is 10.7 Å². The Kier molecular flexibility index (Phi) is 7.90. The number of aromatic nitrogens is 1. The van der Waals surface area contributed by atoms with Crippen molar-refractivity contribution in [1.82, 2.24) is 4.98 Å². The highest BCUT2D eigenvalue weighted by Gasteiger charge is 2.18. The quantitative estimate of drug-likeness (QED) is 0.310. The van der Waals surface area contributed by atoms with Gasteiger partial charge in [0.1, 0.15) is 6.61 Å². The number of hydrogen-bond acceptors (Lipinski definition) is 6. The van der Waals surface area contributed by atoms with Crippen LogP contribution in [0.25, 0.3) is 0 Å². The van der Waals surface area contributed by atoms with Gasteiger partial charge in [0.15, 0.2) is 5.13 Å². The molecule has 0 N–H and O–H groups in total. The molecular weight excluding hydrogens is 440 g/mol. The second kappa shape index (κ2) is 10.6. The molecule has 8 heteroatoms. The summed E-state index contributed by atoms with van der Waals surface area (Å²) < 4.78 is 5.32. The van der Waals surface area contributed by atoms with Gasteiger partial charge in [-0.3, -0.25) is 14.5 Å². The van der Waals surface area contributed by atoms with Crippen LogP contribution in [0.1, 0.15) is 25.1 Å². The number of amides is 1. The molecule has 0 aliphatic carbocycles. The Morgan fingerprint density at radius 2 is 1.83 bits per heavy atom. The number of nitrogens with zero attached hydrogens (tertiary/aromatic N) is 2. The molecule has 0 radical (unpaired) electrons. The lowest BCUT2D eigenvalue weighted by Crippen LogP contribution is -2.22. The van der Waals surface area contributed by atoms with Gasteiger partial charge in [0.2, 0.25) is 5.91 Å². The number of thiazole rings is 1. The second-order valence-corrected chi connectivity index (χ2v) is 8.72. The fraction of sp³-hybridized carbons (Fsp3) is 0.227. The van der Waals surface area contributed by atoms with Gasteiger partial charge in [0.05, 0.1) is 17.1 Å². The molecular formula is C22H21ClN2O3S2. The Morgan fingerprint density at radius 1 is 1.13 bits per heavy atom. The van der Waals surface area contributed by atoms with Gasteiger partial charge in [-0.25, -0.2) is 4.98 Å². The number of carbonyl (C=O) groups is 2. The molecule has 0 aliphatic heterocycles. The Hall–Kier alpha value is -2.35. The summed E-state index contributed by atoms with van der Waals surface area (Å²) in [6.07, 6.45) is 0.934. The summed E-state index contributed by atoms with van der Waals surface area (Å²) in [4.78, 5) is 31.2. The highest BCUT2D eigenvalue weighted by Crippen LogP contribution is 2.29. The van der Waals surface area contributed by atoms with E-state index < -0.39 is 0 Å². The molecule has 1 heterocycles. The summed E-state index contributed by atoms with van der Waals surface area (Å²) in [5, 5.41) is 3.00. The number of ether oxygens (including phenoxy) is 1. The number of thioether (sulfide) groups is 1. The maximum absolute atomic E-state index is 12.2. The van der Waals surface area contributed by atoms with Gasteiger partial charge in [-0.15, -0.1) is 23.1 Å². The number of carbonyl (C=O) groups excluding carboxylic acids is 2. The van der Waals surface area contributed by atoms with Crippen molar-refractivity contribution in [3.63, 3.8) is 0 Å². The molecule has 0 fully saturated rings. The SMILES string of the molecule is CCc1ccc(N(C(C)=O)c2nc(COC(=O)CSc3ccc(Cl)cc3)cs2)cc1. The fourth-order valence-corrected chi connectivity index (χ4v) is 4.34. The van der Waals surface area contributed by atoms with Crippen molar-refractivity contribution in [1.29, 1.82) is 0 Å². The highest BCUT2D eigenvalue weighted by atomic mass is 35.5. The van der Waals surface area contributed by atoms with Crippen molar-refractivity contribution < 1.29 is 14.3 Å². The molecule has 0 aliphatic rings. The van der Waals surface area contributed by atoms with E-state index in [4.69, 9.17) is 16.3 Å². The lowest BCUT2D eigenvalue weighted by atomic mass is 10.1. The predicted octanol–water partition coefficient (Wildman–Crippen LogP) is 5.88. The molecule has 0 saturated carbocycles. The second-order valence-electron chi connectivity index (χ2n) is 6.40. The van der Waals surface area contributed by atoms with Crippen molar-refractivity contribution in [2.24, 2.45) is 0 Å². The maximum Gasteiger partial charge on any atom is 0.316 e. The third-order valence-electron chi connectivity index (χ3n) is 4.20. The summed E-state index contributed by atoms with van der Waals surface area (Å²) in [5.41, 5.74) is 2.57. The van der Waals surface area contributed by atoms with E-state index in [2.05, 4.69) is 11.9 Å². The van der Waals surface area contributed by atoms with Crippen LogP contribution < -0.4 is 4.90 Å². The molecule has 1 amide bonds. The lowest BCUT2D eigenvalue weighted by Gasteiger charge is -2.18. The van der Waals surface area contributed by atoms with Gasteiger partial charge < -0.3 is 4.74 Å². The molecule has 3 rings (SSSR count). The number of halogens is 1. The average molecular weight is 461 g/mol. The number of anilines is 2. The summed E-state index contributed by atoms with van der Waals surface area (Å²) in [6.45, 7) is 3.65. The number of aryl methyl sites for hydroxylation is 1. The van der Waals surface area contributed by atoms with E-state index in [0.29, 0.717) is 15.8 Å². The van der Waals surface area contributed by atoms with Crippen molar-refractivity contribution >= 4 is 57.4 Å². The van der Waals surface area contributed by atoms with E-state index in [1.807, 2.05) is 36.4 Å². The Balaban J connectivity index is 1.58. The molecule has 1 aromatic heterocycles. The van der Waals surface area contributed by atoms with Gasteiger partial charge in [-0.05, 0) is 48.4 Å². The number of hydrogen-bond donors (Lipinski definition) is 0. The third kappa shape index (κ3) is 6.08. The van der Waals surface area contributed by atoms with Crippen LogP contribution in [0.15, 0.2) is 58.8 Å². The van der Waals surface area contributed by atoms with E-state index in [9.17, 15) is 9.59 Å². The fourth-order valence-electron chi connectivity index (χ4n) is 2.64. The number of rotatable bonds is 8. The van der Waals surface area contributed by atoms with Crippen LogP contribution in [0, 0.1) is 0 Å². The van der Waals surface area contributed by atoms with E-state index in [1.165, 1.54) is 35.6 Å². The van der Waals surface area contributed by atoms with Gasteiger partial charge in [0.25, 0.3) is 0 Å². The average Bonchev–Trinajstić information content (AvgIpc) is 3.20. The molecule has 5 nitrogen and oxygen atoms in total. The van der Waals surface area contributed by atoms with Gasteiger partial charge in [-0.2, -0.15) is 0 Å².